The molecule has 6 heteroatoms. The highest BCUT2D eigenvalue weighted by molar-refractivity contribution is 5.04. The van der Waals surface area contributed by atoms with E-state index in [9.17, 15) is 5.11 Å². The molecule has 0 unspecified atom stereocenters. The summed E-state index contributed by atoms with van der Waals surface area (Å²) in [6, 6.07) is 5.06. The first-order valence-electron chi connectivity index (χ1n) is 9.36. The highest BCUT2D eigenvalue weighted by Gasteiger charge is 2.30. The lowest BCUT2D eigenvalue weighted by atomic mass is 9.89. The van der Waals surface area contributed by atoms with Crippen LogP contribution in [0.25, 0.3) is 0 Å². The molecule has 1 fully saturated rings. The zero-order chi connectivity index (χ0) is 17.9. The molecule has 1 aliphatic rings. The summed E-state index contributed by atoms with van der Waals surface area (Å²) >= 11 is 0. The number of hydrogen-bond donors (Lipinski definition) is 2. The molecule has 2 aromatic heterocycles. The van der Waals surface area contributed by atoms with Crippen LogP contribution in [0.4, 0.5) is 0 Å². The number of hydrogen-bond acceptors (Lipinski definition) is 5. The molecule has 25 heavy (non-hydrogen) atoms. The van der Waals surface area contributed by atoms with Gasteiger partial charge in [0, 0.05) is 18.5 Å². The molecule has 3 atom stereocenters. The lowest BCUT2D eigenvalue weighted by Gasteiger charge is -2.34. The Kier molecular flexibility index (Phi) is 5.59. The molecule has 0 amide bonds. The van der Waals surface area contributed by atoms with Crippen molar-refractivity contribution >= 4 is 0 Å². The molecule has 1 aliphatic carbocycles. The van der Waals surface area contributed by atoms with Gasteiger partial charge in [-0.3, -0.25) is 0 Å². The van der Waals surface area contributed by atoms with Gasteiger partial charge in [-0.05, 0) is 52.2 Å². The van der Waals surface area contributed by atoms with Crippen LogP contribution < -0.4 is 5.32 Å². The first-order valence-corrected chi connectivity index (χ1v) is 9.36. The Balaban J connectivity index is 1.61. The van der Waals surface area contributed by atoms with Gasteiger partial charge in [-0.2, -0.15) is 0 Å². The van der Waals surface area contributed by atoms with Crippen LogP contribution in [0.2, 0.25) is 0 Å². The lowest BCUT2D eigenvalue weighted by Crippen LogP contribution is -2.44. The largest absolute Gasteiger partial charge is 0.469 e. The van der Waals surface area contributed by atoms with Gasteiger partial charge < -0.3 is 14.8 Å². The Morgan fingerprint density at radius 1 is 1.40 bits per heavy atom. The summed E-state index contributed by atoms with van der Waals surface area (Å²) < 4.78 is 7.37. The monoisotopic (exact) mass is 346 g/mol. The van der Waals surface area contributed by atoms with Crippen molar-refractivity contribution < 1.29 is 9.52 Å². The lowest BCUT2D eigenvalue weighted by molar-refractivity contribution is 0.0736. The van der Waals surface area contributed by atoms with Gasteiger partial charge in [-0.15, -0.1) is 5.10 Å². The van der Waals surface area contributed by atoms with Crippen molar-refractivity contribution in [2.24, 2.45) is 0 Å². The summed E-state index contributed by atoms with van der Waals surface area (Å²) in [5.41, 5.74) is -0.325. The number of nitrogens with zero attached hydrogens (tertiary/aromatic N) is 3. The van der Waals surface area contributed by atoms with Gasteiger partial charge in [0.2, 0.25) is 0 Å². The Morgan fingerprint density at radius 2 is 2.20 bits per heavy atom. The highest BCUT2D eigenvalue weighted by Crippen LogP contribution is 2.29. The molecule has 2 heterocycles. The fourth-order valence-corrected chi connectivity index (χ4v) is 3.60. The zero-order valence-corrected chi connectivity index (χ0v) is 15.5. The number of aliphatic hydroxyl groups is 1. The van der Waals surface area contributed by atoms with E-state index < -0.39 is 5.60 Å². The molecule has 2 aromatic rings. The quantitative estimate of drug-likeness (QED) is 0.805. The summed E-state index contributed by atoms with van der Waals surface area (Å²) in [4.78, 5) is 0. The van der Waals surface area contributed by atoms with Gasteiger partial charge in [0.15, 0.2) is 0 Å². The molecule has 0 aromatic carbocycles. The fraction of sp³-hybridized carbons (Fsp3) is 0.684. The van der Waals surface area contributed by atoms with E-state index in [0.717, 1.165) is 31.4 Å². The zero-order valence-electron chi connectivity index (χ0n) is 15.5. The minimum absolute atomic E-state index is 0.295. The van der Waals surface area contributed by atoms with E-state index in [-0.39, 0.29) is 0 Å². The maximum absolute atomic E-state index is 10.1. The normalized spacial score (nSPS) is 22.9. The highest BCUT2D eigenvalue weighted by atomic mass is 16.3. The molecule has 3 rings (SSSR count). The van der Waals surface area contributed by atoms with Crippen LogP contribution in [0.5, 0.6) is 0 Å². The number of furan rings is 1. The minimum Gasteiger partial charge on any atom is -0.469 e. The third-order valence-corrected chi connectivity index (χ3v) is 5.11. The summed E-state index contributed by atoms with van der Waals surface area (Å²) in [6.07, 6.45) is 10.3. The van der Waals surface area contributed by atoms with Crippen LogP contribution in [0, 0.1) is 0 Å². The molecule has 138 valence electrons. The second-order valence-electron chi connectivity index (χ2n) is 7.79. The number of rotatable bonds is 7. The molecule has 0 spiro atoms. The first kappa shape index (κ1) is 18.1. The molecule has 0 bridgehead atoms. The summed E-state index contributed by atoms with van der Waals surface area (Å²) in [5.74, 6) is 1.04. The summed E-state index contributed by atoms with van der Waals surface area (Å²) in [6.45, 7) is 5.72. The minimum atomic E-state index is -0.952. The Bertz CT molecular complexity index is 645. The molecule has 0 saturated heterocycles. The maximum atomic E-state index is 10.1. The Hall–Kier alpha value is -1.66. The van der Waals surface area contributed by atoms with Crippen LogP contribution in [0.3, 0.4) is 0 Å². The van der Waals surface area contributed by atoms with Crippen molar-refractivity contribution in [1.82, 2.24) is 20.3 Å². The van der Waals surface area contributed by atoms with Gasteiger partial charge >= 0.3 is 0 Å². The third-order valence-electron chi connectivity index (χ3n) is 5.11. The molecule has 0 aliphatic heterocycles. The average Bonchev–Trinajstić information content (AvgIpc) is 3.25. The van der Waals surface area contributed by atoms with Gasteiger partial charge in [0.05, 0.1) is 18.5 Å². The molecule has 0 radical (unpaired) electrons. The molecule has 1 saturated carbocycles. The average molecular weight is 346 g/mol. The van der Waals surface area contributed by atoms with Gasteiger partial charge in [-0.25, -0.2) is 4.68 Å². The molecule has 2 N–H and O–H groups in total. The van der Waals surface area contributed by atoms with Gasteiger partial charge in [0.25, 0.3) is 0 Å². The maximum Gasteiger partial charge on any atom is 0.114 e. The molecular weight excluding hydrogens is 316 g/mol. The predicted molar refractivity (Wildman–Crippen MR) is 96.2 cm³/mol. The van der Waals surface area contributed by atoms with Crippen LogP contribution in [0.1, 0.15) is 70.4 Å². The second-order valence-corrected chi connectivity index (χ2v) is 7.79. The van der Waals surface area contributed by atoms with Crippen molar-refractivity contribution in [2.75, 3.05) is 0 Å². The standard InChI is InChI=1S/C19H30N4O2/c1-14(10-11-15-7-6-12-25-15)20-16-8-4-5-9-17(16)23-13-18(21-22-23)19(2,3)24/h6-7,12-14,16-17,20,24H,4-5,8-11H2,1-3H3/t14-,16-,17+/m0/s1. The van der Waals surface area contributed by atoms with E-state index in [0.29, 0.717) is 23.8 Å². The summed E-state index contributed by atoms with van der Waals surface area (Å²) in [5, 5.41) is 22.4. The van der Waals surface area contributed by atoms with E-state index in [4.69, 9.17) is 4.42 Å². The van der Waals surface area contributed by atoms with E-state index >= 15 is 0 Å². The van der Waals surface area contributed by atoms with Gasteiger partial charge in [-0.1, -0.05) is 18.1 Å². The second kappa shape index (κ2) is 7.70. The van der Waals surface area contributed by atoms with E-state index in [1.165, 1.54) is 12.8 Å². The van der Waals surface area contributed by atoms with E-state index in [2.05, 4.69) is 22.6 Å². The molecular formula is C19H30N4O2. The van der Waals surface area contributed by atoms with Crippen LogP contribution in [-0.2, 0) is 12.0 Å². The SMILES string of the molecule is C[C@@H](CCc1ccco1)N[C@H]1CCCC[C@H]1n1cc(C(C)(C)O)nn1. The van der Waals surface area contributed by atoms with Crippen molar-refractivity contribution in [2.45, 2.75) is 83.0 Å². The number of aryl methyl sites for hydroxylation is 1. The van der Waals surface area contributed by atoms with Crippen molar-refractivity contribution in [3.8, 4) is 0 Å². The topological polar surface area (TPSA) is 76.1 Å². The number of aromatic nitrogens is 3. The smallest absolute Gasteiger partial charge is 0.114 e. The molecule has 6 nitrogen and oxygen atoms in total. The predicted octanol–water partition coefficient (Wildman–Crippen LogP) is 3.19. The van der Waals surface area contributed by atoms with Crippen LogP contribution >= 0.6 is 0 Å². The summed E-state index contributed by atoms with van der Waals surface area (Å²) in [7, 11) is 0. The van der Waals surface area contributed by atoms with Crippen LogP contribution in [0.15, 0.2) is 29.0 Å². The number of nitrogens with one attached hydrogen (secondary N) is 1. The fourth-order valence-electron chi connectivity index (χ4n) is 3.60. The van der Waals surface area contributed by atoms with Crippen molar-refractivity contribution in [3.63, 3.8) is 0 Å². The van der Waals surface area contributed by atoms with Crippen molar-refractivity contribution in [1.29, 1.82) is 0 Å². The van der Waals surface area contributed by atoms with E-state index in [1.807, 2.05) is 23.0 Å². The Labute approximate surface area is 149 Å². The van der Waals surface area contributed by atoms with Crippen LogP contribution in [-0.4, -0.2) is 32.2 Å². The van der Waals surface area contributed by atoms with Crippen molar-refractivity contribution in [3.05, 3.63) is 36.0 Å². The van der Waals surface area contributed by atoms with Gasteiger partial charge in [0.1, 0.15) is 17.1 Å². The Morgan fingerprint density at radius 3 is 2.88 bits per heavy atom. The third kappa shape index (κ3) is 4.70. The van der Waals surface area contributed by atoms with E-state index in [1.54, 1.807) is 20.1 Å². The first-order chi connectivity index (χ1) is 11.9.